The van der Waals surface area contributed by atoms with Crippen molar-refractivity contribution >= 4 is 34.6 Å². The monoisotopic (exact) mass is 470 g/mol. The summed E-state index contributed by atoms with van der Waals surface area (Å²) in [7, 11) is 0. The maximum atomic E-state index is 13.3. The summed E-state index contributed by atoms with van der Waals surface area (Å²) < 4.78 is 27.8. The molecule has 2 aromatic carbocycles. The molecular formula is C24H24F2N4O2S. The second-order valence-electron chi connectivity index (χ2n) is 8.55. The molecule has 0 saturated heterocycles. The molecule has 2 aliphatic rings. The van der Waals surface area contributed by atoms with E-state index in [1.54, 1.807) is 41.0 Å². The maximum Gasteiger partial charge on any atom is 0.291 e. The second-order valence-corrected chi connectivity index (χ2v) is 9.50. The molecule has 2 amide bonds. The van der Waals surface area contributed by atoms with E-state index >= 15 is 0 Å². The van der Waals surface area contributed by atoms with Gasteiger partial charge in [-0.1, -0.05) is 24.3 Å². The molecule has 172 valence electrons. The van der Waals surface area contributed by atoms with Crippen molar-refractivity contribution in [2.24, 2.45) is 0 Å². The third-order valence-electron chi connectivity index (χ3n) is 5.90. The van der Waals surface area contributed by atoms with Crippen molar-refractivity contribution in [2.45, 2.75) is 61.8 Å². The number of para-hydroxylation sites is 2. The Morgan fingerprint density at radius 2 is 1.82 bits per heavy atom. The average molecular weight is 471 g/mol. The van der Waals surface area contributed by atoms with Gasteiger partial charge < -0.3 is 14.8 Å². The molecule has 3 aromatic rings. The van der Waals surface area contributed by atoms with Crippen molar-refractivity contribution in [1.82, 2.24) is 19.8 Å². The van der Waals surface area contributed by atoms with Gasteiger partial charge in [-0.05, 0) is 67.3 Å². The third kappa shape index (κ3) is 5.19. The van der Waals surface area contributed by atoms with Crippen LogP contribution in [-0.2, 0) is 17.9 Å². The van der Waals surface area contributed by atoms with Gasteiger partial charge in [0, 0.05) is 24.2 Å². The van der Waals surface area contributed by atoms with Crippen LogP contribution in [0.3, 0.4) is 0 Å². The molecule has 0 aliphatic heterocycles. The number of carbonyl (C=O) groups excluding carboxylic acids is 2. The first-order chi connectivity index (χ1) is 16.0. The number of amides is 2. The largest absolute Gasteiger partial charge is 0.349 e. The molecule has 2 aliphatic carbocycles. The van der Waals surface area contributed by atoms with E-state index in [1.807, 2.05) is 17.0 Å². The minimum absolute atomic E-state index is 0.0477. The zero-order valence-electron chi connectivity index (χ0n) is 17.9. The molecule has 1 N–H and O–H groups in total. The molecule has 0 bridgehead atoms. The number of aromatic nitrogens is 2. The number of hydrogen-bond acceptors (Lipinski definition) is 4. The van der Waals surface area contributed by atoms with Crippen molar-refractivity contribution < 1.29 is 18.4 Å². The van der Waals surface area contributed by atoms with E-state index in [9.17, 15) is 18.4 Å². The second kappa shape index (κ2) is 9.13. The summed E-state index contributed by atoms with van der Waals surface area (Å²) in [6.45, 7) is 0.367. The fourth-order valence-corrected chi connectivity index (χ4v) is 4.46. The van der Waals surface area contributed by atoms with E-state index < -0.39 is 5.76 Å². The molecule has 5 rings (SSSR count). The van der Waals surface area contributed by atoms with Crippen molar-refractivity contribution in [3.63, 3.8) is 0 Å². The van der Waals surface area contributed by atoms with Crippen LogP contribution >= 0.6 is 11.8 Å². The van der Waals surface area contributed by atoms with E-state index in [1.165, 1.54) is 0 Å². The molecule has 1 aromatic heterocycles. The highest BCUT2D eigenvalue weighted by atomic mass is 32.2. The van der Waals surface area contributed by atoms with Gasteiger partial charge >= 0.3 is 0 Å². The lowest BCUT2D eigenvalue weighted by molar-refractivity contribution is -0.133. The number of benzene rings is 2. The summed E-state index contributed by atoms with van der Waals surface area (Å²) in [6.07, 6.45) is 3.92. The standard InChI is InChI=1S/C24H24F2N4O2S/c25-23(26)33-24-28-19-3-1-2-4-20(19)30(24)14-21(31)29(18-11-12-18)13-15-5-7-16(8-6-15)22(32)27-17-9-10-17/h1-8,17-18,23H,9-14H2,(H,27,32). The summed E-state index contributed by atoms with van der Waals surface area (Å²) in [6, 6.07) is 14.9. The minimum Gasteiger partial charge on any atom is -0.349 e. The molecular weight excluding hydrogens is 446 g/mol. The van der Waals surface area contributed by atoms with Crippen molar-refractivity contribution in [2.75, 3.05) is 0 Å². The lowest BCUT2D eigenvalue weighted by atomic mass is 10.1. The quantitative estimate of drug-likeness (QED) is 0.470. The Kier molecular flexibility index (Phi) is 6.05. The third-order valence-corrected chi connectivity index (χ3v) is 6.60. The number of alkyl halides is 2. The van der Waals surface area contributed by atoms with E-state index in [0.717, 1.165) is 31.2 Å². The molecule has 0 atom stereocenters. The maximum absolute atomic E-state index is 13.3. The van der Waals surface area contributed by atoms with E-state index in [0.29, 0.717) is 40.9 Å². The zero-order valence-corrected chi connectivity index (χ0v) is 18.7. The van der Waals surface area contributed by atoms with Gasteiger partial charge in [0.15, 0.2) is 5.16 Å². The Balaban J connectivity index is 1.32. The highest BCUT2D eigenvalue weighted by Gasteiger charge is 2.33. The molecule has 6 nitrogen and oxygen atoms in total. The molecule has 0 spiro atoms. The highest BCUT2D eigenvalue weighted by molar-refractivity contribution is 7.99. The van der Waals surface area contributed by atoms with E-state index in [-0.39, 0.29) is 29.6 Å². The zero-order chi connectivity index (χ0) is 22.9. The van der Waals surface area contributed by atoms with Crippen LogP contribution in [0.1, 0.15) is 41.6 Å². The Morgan fingerprint density at radius 3 is 2.48 bits per heavy atom. The lowest BCUT2D eigenvalue weighted by Crippen LogP contribution is -2.35. The van der Waals surface area contributed by atoms with Crippen molar-refractivity contribution in [3.05, 3.63) is 59.7 Å². The Labute approximate surface area is 194 Å². The number of nitrogens with zero attached hydrogens (tertiary/aromatic N) is 3. The van der Waals surface area contributed by atoms with Crippen LogP contribution in [0.25, 0.3) is 11.0 Å². The van der Waals surface area contributed by atoms with Crippen LogP contribution in [-0.4, -0.2) is 44.1 Å². The lowest BCUT2D eigenvalue weighted by Gasteiger charge is -2.23. The molecule has 0 radical (unpaired) electrons. The molecule has 33 heavy (non-hydrogen) atoms. The van der Waals surface area contributed by atoms with Gasteiger partial charge in [0.1, 0.15) is 6.54 Å². The first kappa shape index (κ1) is 21.9. The number of halogens is 2. The predicted octanol–water partition coefficient (Wildman–Crippen LogP) is 4.43. The molecule has 1 heterocycles. The van der Waals surface area contributed by atoms with Gasteiger partial charge in [-0.15, -0.1) is 0 Å². The number of imidazole rings is 1. The number of thioether (sulfide) groups is 1. The van der Waals surface area contributed by atoms with Crippen LogP contribution in [0.15, 0.2) is 53.7 Å². The number of hydrogen-bond donors (Lipinski definition) is 1. The van der Waals surface area contributed by atoms with Gasteiger partial charge in [0.05, 0.1) is 11.0 Å². The fraction of sp³-hybridized carbons (Fsp3) is 0.375. The predicted molar refractivity (Wildman–Crippen MR) is 122 cm³/mol. The summed E-state index contributed by atoms with van der Waals surface area (Å²) >= 11 is 0.355. The first-order valence-corrected chi connectivity index (χ1v) is 12.0. The smallest absolute Gasteiger partial charge is 0.291 e. The molecule has 2 saturated carbocycles. The van der Waals surface area contributed by atoms with Crippen LogP contribution < -0.4 is 5.32 Å². The molecule has 9 heteroatoms. The summed E-state index contributed by atoms with van der Waals surface area (Å²) in [5.41, 5.74) is 2.78. The van der Waals surface area contributed by atoms with Gasteiger partial charge in [0.25, 0.3) is 11.7 Å². The van der Waals surface area contributed by atoms with E-state index in [4.69, 9.17) is 0 Å². The average Bonchev–Trinajstić information content (AvgIpc) is 3.72. The Morgan fingerprint density at radius 1 is 1.09 bits per heavy atom. The Bertz CT molecular complexity index is 1170. The molecule has 0 unspecified atom stereocenters. The Hall–Kier alpha value is -2.94. The number of nitrogens with one attached hydrogen (secondary N) is 1. The fourth-order valence-electron chi connectivity index (χ4n) is 3.86. The van der Waals surface area contributed by atoms with Crippen LogP contribution in [0.4, 0.5) is 8.78 Å². The number of rotatable bonds is 9. The first-order valence-electron chi connectivity index (χ1n) is 11.1. The van der Waals surface area contributed by atoms with Gasteiger partial charge in [0.2, 0.25) is 5.91 Å². The van der Waals surface area contributed by atoms with Crippen LogP contribution in [0.2, 0.25) is 0 Å². The van der Waals surface area contributed by atoms with E-state index in [2.05, 4.69) is 10.3 Å². The molecule has 2 fully saturated rings. The van der Waals surface area contributed by atoms with Crippen molar-refractivity contribution in [3.8, 4) is 0 Å². The summed E-state index contributed by atoms with van der Waals surface area (Å²) in [5, 5.41) is 3.11. The number of carbonyl (C=O) groups is 2. The highest BCUT2D eigenvalue weighted by Crippen LogP contribution is 2.31. The van der Waals surface area contributed by atoms with Gasteiger partial charge in [-0.25, -0.2) is 4.98 Å². The van der Waals surface area contributed by atoms with Crippen molar-refractivity contribution in [1.29, 1.82) is 0 Å². The van der Waals surface area contributed by atoms with Gasteiger partial charge in [-0.3, -0.25) is 9.59 Å². The topological polar surface area (TPSA) is 67.2 Å². The summed E-state index contributed by atoms with van der Waals surface area (Å²) in [4.78, 5) is 31.6. The summed E-state index contributed by atoms with van der Waals surface area (Å²) in [5.74, 6) is -2.83. The number of fused-ring (bicyclic) bond motifs is 1. The van der Waals surface area contributed by atoms with Crippen LogP contribution in [0.5, 0.6) is 0 Å². The normalized spacial score (nSPS) is 15.7. The SMILES string of the molecule is O=C(NC1CC1)c1ccc(CN(C(=O)Cn2c(SC(F)F)nc3ccccc32)C2CC2)cc1. The van der Waals surface area contributed by atoms with Crippen LogP contribution in [0, 0.1) is 0 Å². The minimum atomic E-state index is -2.62. The van der Waals surface area contributed by atoms with Gasteiger partial charge in [-0.2, -0.15) is 8.78 Å².